The van der Waals surface area contributed by atoms with Crippen LogP contribution < -0.4 is 0 Å². The van der Waals surface area contributed by atoms with E-state index < -0.39 is 46.2 Å². The molecule has 1 aliphatic carbocycles. The van der Waals surface area contributed by atoms with Crippen LogP contribution >= 0.6 is 0 Å². The number of hydrogen-bond donors (Lipinski definition) is 3. The highest BCUT2D eigenvalue weighted by Crippen LogP contribution is 2.39. The Bertz CT molecular complexity index is 458. The second-order valence-electron chi connectivity index (χ2n) is 5.94. The summed E-state index contributed by atoms with van der Waals surface area (Å²) in [4.78, 5) is 11.5. The summed E-state index contributed by atoms with van der Waals surface area (Å²) >= 11 is 0. The van der Waals surface area contributed by atoms with Gasteiger partial charge in [0.25, 0.3) is 10.1 Å². The molecule has 0 aromatic heterocycles. The van der Waals surface area contributed by atoms with E-state index in [1.54, 1.807) is 0 Å². The van der Waals surface area contributed by atoms with Crippen molar-refractivity contribution in [3.8, 4) is 0 Å². The maximum absolute atomic E-state index is 11.5. The summed E-state index contributed by atoms with van der Waals surface area (Å²) in [7, 11) is -3.99. The number of aliphatic hydroxyl groups is 2. The van der Waals surface area contributed by atoms with Gasteiger partial charge >= 0.3 is 5.97 Å². The first-order valence-electron chi connectivity index (χ1n) is 6.47. The van der Waals surface area contributed by atoms with Crippen LogP contribution in [-0.2, 0) is 19.1 Å². The molecule has 1 rings (SSSR count). The van der Waals surface area contributed by atoms with Crippen molar-refractivity contribution in [2.75, 3.05) is 6.26 Å². The van der Waals surface area contributed by atoms with Gasteiger partial charge < -0.3 is 15.3 Å². The van der Waals surface area contributed by atoms with E-state index >= 15 is 0 Å². The van der Waals surface area contributed by atoms with Crippen molar-refractivity contribution in [3.63, 3.8) is 0 Å². The van der Waals surface area contributed by atoms with E-state index in [-0.39, 0.29) is 12.3 Å². The van der Waals surface area contributed by atoms with Crippen LogP contribution in [0.4, 0.5) is 0 Å². The van der Waals surface area contributed by atoms with Crippen LogP contribution in [0.2, 0.25) is 0 Å². The molecule has 0 unspecified atom stereocenters. The molecule has 7 nitrogen and oxygen atoms in total. The summed E-state index contributed by atoms with van der Waals surface area (Å²) in [6.45, 7) is 3.79. The molecule has 1 fully saturated rings. The molecular formula is C12H22O7S. The zero-order valence-electron chi connectivity index (χ0n) is 11.8. The van der Waals surface area contributed by atoms with Gasteiger partial charge in [0.15, 0.2) is 5.60 Å². The molecule has 0 spiro atoms. The average molecular weight is 310 g/mol. The SMILES string of the molecule is CC(C)C[C@H]1C[C@@](OS(C)(=O)=O)(C(=O)O)C[C@@H](O)[C@@H]1O. The number of hydrogen-bond acceptors (Lipinski definition) is 6. The summed E-state index contributed by atoms with van der Waals surface area (Å²) in [5.74, 6) is -1.80. The molecule has 1 aliphatic rings. The summed E-state index contributed by atoms with van der Waals surface area (Å²) in [6, 6.07) is 0. The van der Waals surface area contributed by atoms with Crippen LogP contribution in [-0.4, -0.2) is 53.8 Å². The van der Waals surface area contributed by atoms with Gasteiger partial charge in [0, 0.05) is 6.42 Å². The van der Waals surface area contributed by atoms with Crippen LogP contribution in [0.1, 0.15) is 33.1 Å². The molecule has 0 aromatic carbocycles. The van der Waals surface area contributed by atoms with Gasteiger partial charge in [0.2, 0.25) is 0 Å². The van der Waals surface area contributed by atoms with Crippen molar-refractivity contribution in [3.05, 3.63) is 0 Å². The second kappa shape index (κ2) is 5.97. The first-order chi connectivity index (χ1) is 8.97. The molecule has 0 bridgehead atoms. The monoisotopic (exact) mass is 310 g/mol. The lowest BCUT2D eigenvalue weighted by molar-refractivity contribution is -0.173. The quantitative estimate of drug-likeness (QED) is 0.609. The predicted molar refractivity (Wildman–Crippen MR) is 70.5 cm³/mol. The van der Waals surface area contributed by atoms with Crippen LogP contribution in [0, 0.1) is 11.8 Å². The summed E-state index contributed by atoms with van der Waals surface area (Å²) in [6.07, 6.45) is -1.76. The van der Waals surface area contributed by atoms with Gasteiger partial charge in [0.05, 0.1) is 18.5 Å². The average Bonchev–Trinajstić information content (AvgIpc) is 2.21. The molecule has 3 N–H and O–H groups in total. The molecule has 118 valence electrons. The number of carbonyl (C=O) groups is 1. The first kappa shape index (κ1) is 17.4. The number of carboxylic acid groups (broad SMARTS) is 1. The van der Waals surface area contributed by atoms with Crippen molar-refractivity contribution in [2.24, 2.45) is 11.8 Å². The third kappa shape index (κ3) is 4.15. The first-order valence-corrected chi connectivity index (χ1v) is 8.28. The van der Waals surface area contributed by atoms with Gasteiger partial charge in [-0.2, -0.15) is 8.42 Å². The van der Waals surface area contributed by atoms with Crippen molar-refractivity contribution in [1.29, 1.82) is 0 Å². The van der Waals surface area contributed by atoms with Crippen molar-refractivity contribution < 1.29 is 32.7 Å². The maximum Gasteiger partial charge on any atom is 0.337 e. The molecule has 0 saturated heterocycles. The lowest BCUT2D eigenvalue weighted by Gasteiger charge is -2.42. The predicted octanol–water partition coefficient (Wildman–Crippen LogP) is -0.0361. The molecular weight excluding hydrogens is 288 g/mol. The molecule has 8 heteroatoms. The van der Waals surface area contributed by atoms with Gasteiger partial charge in [-0.15, -0.1) is 0 Å². The van der Waals surface area contributed by atoms with E-state index in [9.17, 15) is 28.5 Å². The number of aliphatic hydroxyl groups excluding tert-OH is 2. The van der Waals surface area contributed by atoms with Crippen molar-refractivity contribution >= 4 is 16.1 Å². The minimum Gasteiger partial charge on any atom is -0.479 e. The maximum atomic E-state index is 11.5. The highest BCUT2D eigenvalue weighted by atomic mass is 32.2. The Morgan fingerprint density at radius 1 is 1.35 bits per heavy atom. The Morgan fingerprint density at radius 3 is 2.30 bits per heavy atom. The van der Waals surface area contributed by atoms with E-state index in [4.69, 9.17) is 4.18 Å². The van der Waals surface area contributed by atoms with Crippen molar-refractivity contribution in [2.45, 2.75) is 50.9 Å². The van der Waals surface area contributed by atoms with E-state index in [2.05, 4.69) is 0 Å². The smallest absolute Gasteiger partial charge is 0.337 e. The van der Waals surface area contributed by atoms with Crippen LogP contribution in [0.15, 0.2) is 0 Å². The molecule has 0 amide bonds. The fourth-order valence-corrected chi connectivity index (χ4v) is 3.58. The van der Waals surface area contributed by atoms with Crippen LogP contribution in [0.3, 0.4) is 0 Å². The topological polar surface area (TPSA) is 121 Å². The Morgan fingerprint density at radius 2 is 1.90 bits per heavy atom. The molecule has 0 radical (unpaired) electrons. The van der Waals surface area contributed by atoms with Gasteiger partial charge in [-0.25, -0.2) is 4.79 Å². The third-order valence-electron chi connectivity index (χ3n) is 3.48. The largest absolute Gasteiger partial charge is 0.479 e. The number of aliphatic carboxylic acids is 1. The van der Waals surface area contributed by atoms with E-state index in [0.717, 1.165) is 6.26 Å². The zero-order chi connectivity index (χ0) is 15.7. The standard InChI is InChI=1S/C12H22O7S/c1-7(2)4-8-5-12(11(15)16,19-20(3,17)18)6-9(13)10(8)14/h7-10,13-14H,4-6H2,1-3H3,(H,15,16)/t8-,9+,10+,12-/m0/s1. The summed E-state index contributed by atoms with van der Waals surface area (Å²) in [5.41, 5.74) is -2.01. The zero-order valence-corrected chi connectivity index (χ0v) is 12.6. The molecule has 0 aliphatic heterocycles. The second-order valence-corrected chi connectivity index (χ2v) is 7.52. The Kier molecular flexibility index (Phi) is 5.18. The van der Waals surface area contributed by atoms with Crippen LogP contribution in [0.25, 0.3) is 0 Å². The van der Waals surface area contributed by atoms with Gasteiger partial charge in [0.1, 0.15) is 0 Å². The third-order valence-corrected chi connectivity index (χ3v) is 4.10. The molecule has 20 heavy (non-hydrogen) atoms. The summed E-state index contributed by atoms with van der Waals surface area (Å²) < 4.78 is 27.4. The molecule has 4 atom stereocenters. The van der Waals surface area contributed by atoms with Gasteiger partial charge in [-0.3, -0.25) is 4.18 Å². The van der Waals surface area contributed by atoms with E-state index in [1.165, 1.54) is 0 Å². The van der Waals surface area contributed by atoms with E-state index in [1.807, 2.05) is 13.8 Å². The Hall–Kier alpha value is -0.700. The highest BCUT2D eigenvalue weighted by molar-refractivity contribution is 7.86. The van der Waals surface area contributed by atoms with Crippen molar-refractivity contribution in [1.82, 2.24) is 0 Å². The van der Waals surface area contributed by atoms with Crippen LogP contribution in [0.5, 0.6) is 0 Å². The lowest BCUT2D eigenvalue weighted by Crippen LogP contribution is -2.56. The number of carboxylic acids is 1. The highest BCUT2D eigenvalue weighted by Gasteiger charge is 2.53. The Balaban J connectivity index is 3.09. The van der Waals surface area contributed by atoms with Gasteiger partial charge in [-0.1, -0.05) is 13.8 Å². The molecule has 0 aromatic rings. The normalized spacial score (nSPS) is 35.2. The Labute approximate surface area is 118 Å². The summed E-state index contributed by atoms with van der Waals surface area (Å²) in [5, 5.41) is 29.1. The molecule has 0 heterocycles. The lowest BCUT2D eigenvalue weighted by atomic mass is 9.72. The minimum atomic E-state index is -3.99. The minimum absolute atomic E-state index is 0.147. The fraction of sp³-hybridized carbons (Fsp3) is 0.917. The van der Waals surface area contributed by atoms with Gasteiger partial charge in [-0.05, 0) is 24.7 Å². The molecule has 1 saturated carbocycles. The number of rotatable bonds is 5. The van der Waals surface area contributed by atoms with E-state index in [0.29, 0.717) is 6.42 Å². The fourth-order valence-electron chi connectivity index (χ4n) is 2.80.